The number of hydrogen-bond donors (Lipinski definition) is 1. The van der Waals surface area contributed by atoms with E-state index in [9.17, 15) is 5.11 Å². The second-order valence-corrected chi connectivity index (χ2v) is 3.56. The monoisotopic (exact) mass is 195 g/mol. The molecule has 0 aliphatic carbocycles. The van der Waals surface area contributed by atoms with Gasteiger partial charge in [0.2, 0.25) is 0 Å². The number of rotatable bonds is 4. The van der Waals surface area contributed by atoms with Crippen LogP contribution < -0.4 is 4.74 Å². The molecular weight excluding hydrogens is 178 g/mol. The van der Waals surface area contributed by atoms with Crippen LogP contribution in [0.5, 0.6) is 11.5 Å². The van der Waals surface area contributed by atoms with Crippen molar-refractivity contribution in [1.29, 1.82) is 0 Å². The Morgan fingerprint density at radius 3 is 2.64 bits per heavy atom. The van der Waals surface area contributed by atoms with Crippen LogP contribution in [0.1, 0.15) is 5.56 Å². The van der Waals surface area contributed by atoms with Gasteiger partial charge < -0.3 is 14.7 Å². The fraction of sp³-hybridized carbons (Fsp3) is 0.455. The lowest BCUT2D eigenvalue weighted by atomic mass is 10.1. The highest BCUT2D eigenvalue weighted by molar-refractivity contribution is 5.41. The summed E-state index contributed by atoms with van der Waals surface area (Å²) in [5.74, 6) is 0.738. The number of phenols is 1. The first kappa shape index (κ1) is 10.9. The maximum absolute atomic E-state index is 9.38. The van der Waals surface area contributed by atoms with Crippen LogP contribution in [-0.2, 0) is 6.42 Å². The molecule has 0 saturated carbocycles. The number of nitrogens with zero attached hydrogens (tertiary/aromatic N) is 1. The molecule has 1 N–H and O–H groups in total. The third-order valence-electron chi connectivity index (χ3n) is 2.09. The van der Waals surface area contributed by atoms with Gasteiger partial charge in [-0.05, 0) is 38.2 Å². The van der Waals surface area contributed by atoms with Crippen molar-refractivity contribution in [3.05, 3.63) is 23.8 Å². The second kappa shape index (κ2) is 4.86. The SMILES string of the molecule is COc1cc(CCN(C)C)ccc1O. The number of aromatic hydroxyl groups is 1. The lowest BCUT2D eigenvalue weighted by Crippen LogP contribution is -2.14. The predicted octanol–water partition coefficient (Wildman–Crippen LogP) is 1.50. The van der Waals surface area contributed by atoms with E-state index in [1.54, 1.807) is 13.2 Å². The second-order valence-electron chi connectivity index (χ2n) is 3.56. The fourth-order valence-corrected chi connectivity index (χ4v) is 1.23. The van der Waals surface area contributed by atoms with Gasteiger partial charge in [0.05, 0.1) is 7.11 Å². The maximum atomic E-state index is 9.38. The molecule has 0 heterocycles. The van der Waals surface area contributed by atoms with Gasteiger partial charge in [-0.3, -0.25) is 0 Å². The van der Waals surface area contributed by atoms with E-state index >= 15 is 0 Å². The Hall–Kier alpha value is -1.22. The predicted molar refractivity (Wildman–Crippen MR) is 56.9 cm³/mol. The van der Waals surface area contributed by atoms with Gasteiger partial charge in [0, 0.05) is 6.54 Å². The average Bonchev–Trinajstić information content (AvgIpc) is 2.16. The summed E-state index contributed by atoms with van der Waals surface area (Å²) < 4.78 is 5.03. The molecule has 0 saturated heterocycles. The molecule has 1 aromatic carbocycles. The van der Waals surface area contributed by atoms with Gasteiger partial charge in [0.1, 0.15) is 0 Å². The highest BCUT2D eigenvalue weighted by Crippen LogP contribution is 2.26. The molecule has 0 aliphatic heterocycles. The van der Waals surface area contributed by atoms with Crippen LogP contribution >= 0.6 is 0 Å². The van der Waals surface area contributed by atoms with E-state index in [2.05, 4.69) is 4.90 Å². The van der Waals surface area contributed by atoms with Gasteiger partial charge in [-0.15, -0.1) is 0 Å². The highest BCUT2D eigenvalue weighted by atomic mass is 16.5. The Labute approximate surface area is 84.9 Å². The van der Waals surface area contributed by atoms with Gasteiger partial charge in [0.15, 0.2) is 11.5 Å². The molecule has 0 amide bonds. The van der Waals surface area contributed by atoms with Crippen molar-refractivity contribution < 1.29 is 9.84 Å². The molecule has 3 heteroatoms. The van der Waals surface area contributed by atoms with Gasteiger partial charge in [-0.2, -0.15) is 0 Å². The Morgan fingerprint density at radius 1 is 1.36 bits per heavy atom. The summed E-state index contributed by atoms with van der Waals surface area (Å²) in [5.41, 5.74) is 1.17. The summed E-state index contributed by atoms with van der Waals surface area (Å²) in [5, 5.41) is 9.38. The molecule has 3 nitrogen and oxygen atoms in total. The number of phenolic OH excluding ortho intramolecular Hbond substituents is 1. The summed E-state index contributed by atoms with van der Waals surface area (Å²) in [7, 11) is 5.64. The molecular formula is C11H17NO2. The standard InChI is InChI=1S/C11H17NO2/c1-12(2)7-6-9-4-5-10(13)11(8-9)14-3/h4-5,8,13H,6-7H2,1-3H3. The van der Waals surface area contributed by atoms with Gasteiger partial charge >= 0.3 is 0 Å². The Bertz CT molecular complexity index is 297. The normalized spacial score (nSPS) is 10.6. The fourth-order valence-electron chi connectivity index (χ4n) is 1.23. The maximum Gasteiger partial charge on any atom is 0.160 e. The highest BCUT2D eigenvalue weighted by Gasteiger charge is 2.02. The molecule has 1 aromatic rings. The minimum Gasteiger partial charge on any atom is -0.504 e. The molecule has 0 atom stereocenters. The molecule has 0 bridgehead atoms. The minimum absolute atomic E-state index is 0.195. The lowest BCUT2D eigenvalue weighted by Gasteiger charge is -2.10. The van der Waals surface area contributed by atoms with Crippen LogP contribution in [0, 0.1) is 0 Å². The van der Waals surface area contributed by atoms with Crippen molar-refractivity contribution in [2.75, 3.05) is 27.7 Å². The minimum atomic E-state index is 0.195. The third-order valence-corrected chi connectivity index (χ3v) is 2.09. The van der Waals surface area contributed by atoms with Crippen molar-refractivity contribution in [1.82, 2.24) is 4.90 Å². The van der Waals surface area contributed by atoms with Gasteiger partial charge in [-0.25, -0.2) is 0 Å². The molecule has 0 spiro atoms. The van der Waals surface area contributed by atoms with Crippen molar-refractivity contribution >= 4 is 0 Å². The molecule has 78 valence electrons. The molecule has 0 aromatic heterocycles. The molecule has 1 rings (SSSR count). The number of ether oxygens (including phenoxy) is 1. The topological polar surface area (TPSA) is 32.7 Å². The van der Waals surface area contributed by atoms with Gasteiger partial charge in [0.25, 0.3) is 0 Å². The van der Waals surface area contributed by atoms with Crippen LogP contribution in [0.3, 0.4) is 0 Å². The number of hydrogen-bond acceptors (Lipinski definition) is 3. The van der Waals surface area contributed by atoms with E-state index in [-0.39, 0.29) is 5.75 Å². The zero-order chi connectivity index (χ0) is 10.6. The van der Waals surface area contributed by atoms with Crippen molar-refractivity contribution in [3.8, 4) is 11.5 Å². The van der Waals surface area contributed by atoms with Crippen LogP contribution in [-0.4, -0.2) is 37.8 Å². The van der Waals surface area contributed by atoms with Crippen LogP contribution in [0.4, 0.5) is 0 Å². The van der Waals surface area contributed by atoms with E-state index in [0.717, 1.165) is 13.0 Å². The Morgan fingerprint density at radius 2 is 2.07 bits per heavy atom. The zero-order valence-corrected chi connectivity index (χ0v) is 8.95. The molecule has 0 radical (unpaired) electrons. The lowest BCUT2D eigenvalue weighted by molar-refractivity contribution is 0.372. The summed E-state index contributed by atoms with van der Waals surface area (Å²) >= 11 is 0. The Balaban J connectivity index is 2.69. The summed E-state index contributed by atoms with van der Waals surface area (Å²) in [6.45, 7) is 0.994. The molecule has 0 fully saturated rings. The van der Waals surface area contributed by atoms with Crippen LogP contribution in [0.2, 0.25) is 0 Å². The quantitative estimate of drug-likeness (QED) is 0.790. The van der Waals surface area contributed by atoms with E-state index in [4.69, 9.17) is 4.74 Å². The summed E-state index contributed by atoms with van der Waals surface area (Å²) in [6, 6.07) is 5.46. The first-order chi connectivity index (χ1) is 6.63. The molecule has 0 unspecified atom stereocenters. The first-order valence-electron chi connectivity index (χ1n) is 4.64. The van der Waals surface area contributed by atoms with Gasteiger partial charge in [-0.1, -0.05) is 6.07 Å². The van der Waals surface area contributed by atoms with E-state index in [1.165, 1.54) is 5.56 Å². The summed E-state index contributed by atoms with van der Waals surface area (Å²) in [6.07, 6.45) is 0.962. The number of methoxy groups -OCH3 is 1. The third kappa shape index (κ3) is 2.92. The number of benzene rings is 1. The molecule has 0 aliphatic rings. The van der Waals surface area contributed by atoms with Crippen LogP contribution in [0.15, 0.2) is 18.2 Å². The smallest absolute Gasteiger partial charge is 0.160 e. The van der Waals surface area contributed by atoms with Crippen molar-refractivity contribution in [2.24, 2.45) is 0 Å². The van der Waals surface area contributed by atoms with E-state index in [1.807, 2.05) is 26.2 Å². The molecule has 14 heavy (non-hydrogen) atoms. The summed E-state index contributed by atoms with van der Waals surface area (Å²) in [4.78, 5) is 2.12. The zero-order valence-electron chi connectivity index (χ0n) is 8.95. The van der Waals surface area contributed by atoms with Crippen molar-refractivity contribution in [3.63, 3.8) is 0 Å². The average molecular weight is 195 g/mol. The van der Waals surface area contributed by atoms with Crippen LogP contribution in [0.25, 0.3) is 0 Å². The largest absolute Gasteiger partial charge is 0.504 e. The first-order valence-corrected chi connectivity index (χ1v) is 4.64. The van der Waals surface area contributed by atoms with E-state index in [0.29, 0.717) is 5.75 Å². The van der Waals surface area contributed by atoms with Crippen molar-refractivity contribution in [2.45, 2.75) is 6.42 Å². The van der Waals surface area contributed by atoms with E-state index < -0.39 is 0 Å². The number of likely N-dealkylation sites (N-methyl/N-ethyl adjacent to an activating group) is 1. The Kier molecular flexibility index (Phi) is 3.77.